The number of benzene rings is 1. The zero-order valence-corrected chi connectivity index (χ0v) is 11.1. The van der Waals surface area contributed by atoms with Crippen molar-refractivity contribution < 1.29 is 29.2 Å². The van der Waals surface area contributed by atoms with Gasteiger partial charge in [0, 0.05) is 5.82 Å². The summed E-state index contributed by atoms with van der Waals surface area (Å²) in [5.41, 5.74) is 0.942. The molecular weight excluding hydrogens is 305 g/mol. The van der Waals surface area contributed by atoms with Crippen molar-refractivity contribution in [2.45, 2.75) is 0 Å². The zero-order valence-electron chi connectivity index (χ0n) is 9.27. The number of aromatic nitrogens is 4. The van der Waals surface area contributed by atoms with Crippen LogP contribution in [0.5, 0.6) is 0 Å². The molecule has 1 aromatic heterocycles. The first-order valence-corrected chi connectivity index (χ1v) is 3.21. The number of nitrogens with two attached hydrogens (primary N) is 5. The van der Waals surface area contributed by atoms with Gasteiger partial charge < -0.3 is 48.3 Å². The van der Waals surface area contributed by atoms with Crippen molar-refractivity contribution in [3.8, 4) is 11.4 Å². The molecule has 0 bridgehead atoms. The second-order valence-corrected chi connectivity index (χ2v) is 2.07. The molecule has 2 aromatic rings. The molecule has 0 spiro atoms. The van der Waals surface area contributed by atoms with Crippen LogP contribution in [0.25, 0.3) is 42.1 Å². The van der Waals surface area contributed by atoms with Crippen molar-refractivity contribution in [1.29, 1.82) is 0 Å². The Morgan fingerprint density at radius 2 is 1.33 bits per heavy atom. The van der Waals surface area contributed by atoms with Crippen molar-refractivity contribution >= 4 is 0 Å². The van der Waals surface area contributed by atoms with Gasteiger partial charge in [0.05, 0.1) is 0 Å². The molecule has 108 valence electrons. The van der Waals surface area contributed by atoms with Gasteiger partial charge in [-0.25, -0.2) is 0 Å². The van der Waals surface area contributed by atoms with Gasteiger partial charge in [-0.2, -0.15) is 5.21 Å². The number of nitrogens with zero attached hydrogens (tertiary/aromatic N) is 4. The minimum absolute atomic E-state index is 0. The smallest absolute Gasteiger partial charge is 1.00 e. The summed E-state index contributed by atoms with van der Waals surface area (Å²) < 4.78 is 0. The van der Waals surface area contributed by atoms with E-state index in [2.05, 4.69) is 20.6 Å². The van der Waals surface area contributed by atoms with Crippen molar-refractivity contribution in [2.24, 2.45) is 0 Å². The summed E-state index contributed by atoms with van der Waals surface area (Å²) in [7, 11) is 0. The van der Waals surface area contributed by atoms with Crippen LogP contribution in [0.2, 0.25) is 0 Å². The summed E-state index contributed by atoms with van der Waals surface area (Å²) in [5.74, 6) is 0.575. The second kappa shape index (κ2) is 18.3. The maximum absolute atomic E-state index is 3.71. The fourth-order valence-electron chi connectivity index (χ4n) is 0.847. The molecule has 0 radical (unpaired) electrons. The molecule has 0 saturated carbocycles. The van der Waals surface area contributed by atoms with E-state index >= 15 is 0 Å². The van der Waals surface area contributed by atoms with Crippen LogP contribution in [0.15, 0.2) is 30.3 Å². The van der Waals surface area contributed by atoms with E-state index in [0.717, 1.165) is 5.56 Å². The quantitative estimate of drug-likeness (QED) is 0.751. The summed E-state index contributed by atoms with van der Waals surface area (Å²) in [6, 6.07) is 9.61. The van der Waals surface area contributed by atoms with Crippen molar-refractivity contribution in [3.63, 3.8) is 0 Å². The average molecular weight is 320 g/mol. The number of tetrazole rings is 1. The second-order valence-electron chi connectivity index (χ2n) is 2.07. The average Bonchev–Trinajstić information content (AvgIpc) is 2.58. The van der Waals surface area contributed by atoms with Gasteiger partial charge in [0.15, 0.2) is 0 Å². The molecule has 0 atom stereocenters. The summed E-state index contributed by atoms with van der Waals surface area (Å²) in [6.07, 6.45) is 0. The van der Waals surface area contributed by atoms with Crippen LogP contribution < -0.4 is 17.5 Å². The van der Waals surface area contributed by atoms with Crippen LogP contribution in [0.1, 0.15) is 0 Å². The largest absolute Gasteiger partial charge is 3.00 e. The van der Waals surface area contributed by atoms with E-state index in [-0.39, 0.29) is 59.9 Å². The summed E-state index contributed by atoms with van der Waals surface area (Å²) >= 11 is 0. The number of rotatable bonds is 1. The molecule has 2 rings (SSSR count). The van der Waals surface area contributed by atoms with Gasteiger partial charge in [-0.15, -0.1) is 0 Å². The van der Waals surface area contributed by atoms with Gasteiger partial charge in [0.1, 0.15) is 0 Å². The van der Waals surface area contributed by atoms with E-state index in [0.29, 0.717) is 5.82 Å². The molecule has 0 aliphatic carbocycles. The Bertz CT molecular complexity index is 330. The molecule has 10 N–H and O–H groups in total. The number of halogens is 1. The van der Waals surface area contributed by atoms with E-state index in [4.69, 9.17) is 0 Å². The Labute approximate surface area is 122 Å². The van der Waals surface area contributed by atoms with Crippen molar-refractivity contribution in [3.05, 3.63) is 61.1 Å². The van der Waals surface area contributed by atoms with Crippen LogP contribution in [-0.4, -0.2) is 15.5 Å². The Morgan fingerprint density at radius 1 is 0.833 bits per heavy atom. The first kappa shape index (κ1) is 36.0. The topological polar surface area (TPSA) is 220 Å². The van der Waals surface area contributed by atoms with Crippen LogP contribution in [0.3, 0.4) is 0 Å². The first-order chi connectivity index (χ1) is 5.47. The Balaban J connectivity index is -0.0000000514. The molecule has 0 saturated heterocycles. The molecule has 9 nitrogen and oxygen atoms in total. The van der Waals surface area contributed by atoms with E-state index < -0.39 is 0 Å². The van der Waals surface area contributed by atoms with Gasteiger partial charge in [-0.05, 0) is 5.56 Å². The van der Waals surface area contributed by atoms with Gasteiger partial charge in [0.2, 0.25) is 0 Å². The van der Waals surface area contributed by atoms with Crippen LogP contribution in [0, 0.1) is 0 Å². The Kier molecular flexibility index (Phi) is 36.5. The molecule has 1 aromatic carbocycles. The normalized spacial score (nSPS) is 6.00. The van der Waals surface area contributed by atoms with Gasteiger partial charge in [-0.3, -0.25) is 10.3 Å². The van der Waals surface area contributed by atoms with E-state index in [1.165, 1.54) is 0 Å². The molecule has 0 amide bonds. The van der Waals surface area contributed by atoms with E-state index in [1.807, 2.05) is 30.3 Å². The standard InChI is InChI=1S/C7H5N4.ClH.Co.5H2N/c1-2-4-6(5-3-1)7-8-10-11-9-7;;;;;;;/h1-5H;1H;;5*1H2/q-1;;+3;5*-1/p-1. The zero-order chi connectivity index (χ0) is 7.52. The van der Waals surface area contributed by atoms with Crippen LogP contribution in [0.4, 0.5) is 0 Å². The summed E-state index contributed by atoms with van der Waals surface area (Å²) in [4.78, 5) is 0. The predicted octanol–water partition coefficient (Wildman–Crippen LogP) is 1.08. The maximum Gasteiger partial charge on any atom is 3.00 e. The maximum atomic E-state index is 3.71. The SMILES string of the molecule is [Cl-].[Co+3].[NH2-].[NH2-].[NH2-].[NH2-].[NH2-].c1ccc(-c2nnn[n-]2)cc1. The molecule has 18 heavy (non-hydrogen) atoms. The molecule has 0 unspecified atom stereocenters. The van der Waals surface area contributed by atoms with Gasteiger partial charge >= 0.3 is 16.8 Å². The predicted molar refractivity (Wildman–Crippen MR) is 65.0 cm³/mol. The summed E-state index contributed by atoms with van der Waals surface area (Å²) in [6.45, 7) is 0. The molecular formula is C7H15ClCoN9-4. The molecule has 0 fully saturated rings. The monoisotopic (exact) mass is 319 g/mol. The van der Waals surface area contributed by atoms with Crippen LogP contribution in [-0.2, 0) is 16.8 Å². The van der Waals surface area contributed by atoms with Crippen LogP contribution >= 0.6 is 0 Å². The Hall–Kier alpha value is -1.11. The Morgan fingerprint density at radius 3 is 1.72 bits per heavy atom. The fourth-order valence-corrected chi connectivity index (χ4v) is 0.847. The van der Waals surface area contributed by atoms with Crippen molar-refractivity contribution in [1.82, 2.24) is 20.6 Å². The third kappa shape index (κ3) is 8.97. The molecule has 11 heteroatoms. The molecule has 1 heterocycles. The van der Waals surface area contributed by atoms with Gasteiger partial charge in [-0.1, -0.05) is 30.3 Å². The fraction of sp³-hybridized carbons (Fsp3) is 0. The number of hydrogen-bond acceptors (Lipinski definition) is 3. The number of hydrogen-bond donors (Lipinski definition) is 0. The van der Waals surface area contributed by atoms with E-state index in [1.54, 1.807) is 0 Å². The minimum atomic E-state index is 0. The third-order valence-corrected chi connectivity index (χ3v) is 1.35. The summed E-state index contributed by atoms with van der Waals surface area (Å²) in [5, 5.41) is 14.2. The third-order valence-electron chi connectivity index (χ3n) is 1.35. The molecule has 0 aliphatic rings. The van der Waals surface area contributed by atoms with Gasteiger partial charge in [0.25, 0.3) is 0 Å². The van der Waals surface area contributed by atoms with Crippen molar-refractivity contribution in [2.75, 3.05) is 0 Å². The minimum Gasteiger partial charge on any atom is -1.00 e. The molecule has 0 aliphatic heterocycles. The first-order valence-electron chi connectivity index (χ1n) is 3.21. The van der Waals surface area contributed by atoms with E-state index in [9.17, 15) is 0 Å².